The molecule has 11 nitrogen and oxygen atoms in total. The monoisotopic (exact) mass is 614 g/mol. The van der Waals surface area contributed by atoms with Crippen LogP contribution in [0.2, 0.25) is 10.0 Å². The number of carbonyl (C=O) groups is 2. The maximum atomic E-state index is 14.2. The van der Waals surface area contributed by atoms with E-state index in [1.54, 1.807) is 29.2 Å². The van der Waals surface area contributed by atoms with Crippen LogP contribution < -0.4 is 15.8 Å². The molecule has 3 aromatic rings. The Morgan fingerprint density at radius 1 is 1.14 bits per heavy atom. The van der Waals surface area contributed by atoms with Gasteiger partial charge in [0.2, 0.25) is 0 Å². The van der Waals surface area contributed by atoms with E-state index in [4.69, 9.17) is 38.8 Å². The van der Waals surface area contributed by atoms with Crippen molar-refractivity contribution in [2.75, 3.05) is 50.4 Å². The van der Waals surface area contributed by atoms with Crippen LogP contribution in [0.1, 0.15) is 32.5 Å². The van der Waals surface area contributed by atoms with Crippen LogP contribution in [-0.2, 0) is 4.70 Å². The van der Waals surface area contributed by atoms with Crippen molar-refractivity contribution in [3.8, 4) is 5.75 Å². The molecule has 42 heavy (non-hydrogen) atoms. The summed E-state index contributed by atoms with van der Waals surface area (Å²) in [4.78, 5) is 29.7. The normalized spacial score (nSPS) is 14.1. The van der Waals surface area contributed by atoms with Crippen LogP contribution in [0.4, 0.5) is 15.9 Å². The van der Waals surface area contributed by atoms with Crippen LogP contribution in [0.5, 0.6) is 5.75 Å². The van der Waals surface area contributed by atoms with E-state index in [1.165, 1.54) is 12.1 Å². The number of benzene rings is 2. The standard InChI is InChI=1S/C27H26BCl2FN6O5/c1-15(28-41)24(22-18(29)6-7-19(31)23(22)30)42-21-14-20(34-35-25(21)32)26(39)33-17-4-2-16(3-5-17)27(40)37-10-8-36(9-11-37)12-13-38/h2-7,14,24,38H,1,8-13H2,(H2,32,35)(H,33,39). The molecule has 1 aliphatic rings. The number of rotatable bonds is 10. The van der Waals surface area contributed by atoms with E-state index >= 15 is 0 Å². The number of aliphatic hydroxyl groups is 1. The van der Waals surface area contributed by atoms with Crippen LogP contribution in [0.3, 0.4) is 0 Å². The van der Waals surface area contributed by atoms with Crippen molar-refractivity contribution < 1.29 is 28.5 Å². The molecule has 15 heteroatoms. The van der Waals surface area contributed by atoms with Gasteiger partial charge >= 0.3 is 187 Å². The van der Waals surface area contributed by atoms with E-state index in [9.17, 15) is 18.7 Å². The van der Waals surface area contributed by atoms with Gasteiger partial charge in [0.15, 0.2) is 0 Å². The summed E-state index contributed by atoms with van der Waals surface area (Å²) in [5.74, 6) is -1.97. The molecule has 1 aliphatic heterocycles. The molecular weight excluding hydrogens is 589 g/mol. The van der Waals surface area contributed by atoms with E-state index < -0.39 is 17.8 Å². The second kappa shape index (κ2) is 13.8. The quantitative estimate of drug-likeness (QED) is 0.231. The Labute approximate surface area is 251 Å². The fourth-order valence-corrected chi connectivity index (χ4v) is 4.84. The first-order valence-corrected chi connectivity index (χ1v) is 13.5. The van der Waals surface area contributed by atoms with Gasteiger partial charge in [0.1, 0.15) is 0 Å². The zero-order valence-corrected chi connectivity index (χ0v) is 23.7. The van der Waals surface area contributed by atoms with Gasteiger partial charge < -0.3 is 10.0 Å². The second-order valence-electron chi connectivity index (χ2n) is 9.32. The molecule has 0 saturated carbocycles. The number of aromatic nitrogens is 2. The SMILES string of the molecule is C=C(B=O)C(Oc1cc(C(=O)Nc2ccc(C(=O)N3CCN(CCO)CC3)cc2)nnc1N)c1c(Cl)ccc(F)c1Cl. The van der Waals surface area contributed by atoms with Crippen molar-refractivity contribution in [2.24, 2.45) is 0 Å². The topological polar surface area (TPSA) is 151 Å². The van der Waals surface area contributed by atoms with Crippen LogP contribution in [-0.4, -0.2) is 83.4 Å². The molecule has 1 aromatic heterocycles. The van der Waals surface area contributed by atoms with E-state index in [2.05, 4.69) is 27.0 Å². The van der Waals surface area contributed by atoms with E-state index in [1.807, 2.05) is 0 Å². The number of carbonyl (C=O) groups excluding carboxylic acids is 2. The first-order valence-electron chi connectivity index (χ1n) is 12.7. The molecular formula is C27H26BCl2FN6O5. The molecule has 2 aromatic carbocycles. The Bertz CT molecular complexity index is 1510. The van der Waals surface area contributed by atoms with Crippen molar-refractivity contribution in [1.29, 1.82) is 0 Å². The van der Waals surface area contributed by atoms with Gasteiger partial charge in [-0.25, -0.2) is 0 Å². The number of nitrogens with two attached hydrogens (primary N) is 1. The number of β-amino-alcohol motifs (C(OH)–C–C–N with tert-alkyl or cyclic N) is 1. The summed E-state index contributed by atoms with van der Waals surface area (Å²) in [7, 11) is 0.395. The van der Waals surface area contributed by atoms with E-state index in [0.29, 0.717) is 51.1 Å². The number of hydrogen-bond acceptors (Lipinski definition) is 9. The summed E-state index contributed by atoms with van der Waals surface area (Å²) in [6.45, 7) is 6.75. The van der Waals surface area contributed by atoms with Crippen LogP contribution in [0, 0.1) is 5.82 Å². The van der Waals surface area contributed by atoms with Crippen molar-refractivity contribution in [1.82, 2.24) is 20.0 Å². The van der Waals surface area contributed by atoms with Gasteiger partial charge in [-0.05, 0) is 0 Å². The Kier molecular flexibility index (Phi) is 10.2. The first-order chi connectivity index (χ1) is 20.1. The third-order valence-corrected chi connectivity index (χ3v) is 7.27. The molecule has 1 unspecified atom stereocenters. The average Bonchev–Trinajstić information content (AvgIpc) is 2.99. The molecule has 2 amide bonds. The van der Waals surface area contributed by atoms with Crippen molar-refractivity contribution in [3.05, 3.63) is 87.2 Å². The number of nitrogens with zero attached hydrogens (tertiary/aromatic N) is 4. The van der Waals surface area contributed by atoms with Crippen molar-refractivity contribution >= 4 is 53.7 Å². The van der Waals surface area contributed by atoms with E-state index in [-0.39, 0.29) is 50.9 Å². The summed E-state index contributed by atoms with van der Waals surface area (Å²) in [5, 5.41) is 18.9. The van der Waals surface area contributed by atoms with E-state index in [0.717, 1.165) is 6.07 Å². The number of ether oxygens (including phenoxy) is 1. The maximum absolute atomic E-state index is 14.2. The fraction of sp³-hybridized carbons (Fsp3) is 0.259. The minimum atomic E-state index is -1.34. The van der Waals surface area contributed by atoms with Gasteiger partial charge in [-0.1, -0.05) is 0 Å². The van der Waals surface area contributed by atoms with Crippen LogP contribution >= 0.6 is 23.2 Å². The molecule has 1 saturated heterocycles. The zero-order valence-electron chi connectivity index (χ0n) is 22.2. The predicted octanol–water partition coefficient (Wildman–Crippen LogP) is 3.19. The summed E-state index contributed by atoms with van der Waals surface area (Å²) < 4.78 is 31.6. The second-order valence-corrected chi connectivity index (χ2v) is 10.1. The number of piperazine rings is 1. The molecule has 0 spiro atoms. The Hall–Kier alpha value is -3.91. The molecule has 4 rings (SSSR count). The number of nitrogen functional groups attached to an aromatic ring is 1. The third kappa shape index (κ3) is 7.11. The molecule has 0 radical (unpaired) electrons. The van der Waals surface area contributed by atoms with Gasteiger partial charge in [0, 0.05) is 32.7 Å². The number of hydrogen-bond donors (Lipinski definition) is 3. The van der Waals surface area contributed by atoms with Gasteiger partial charge in [0.25, 0.3) is 5.91 Å². The zero-order chi connectivity index (χ0) is 30.4. The Balaban J connectivity index is 1.47. The Morgan fingerprint density at radius 3 is 2.48 bits per heavy atom. The minimum absolute atomic E-state index is 0.0128. The molecule has 2 heterocycles. The van der Waals surface area contributed by atoms with Gasteiger partial charge in [-0.2, -0.15) is 0 Å². The summed E-state index contributed by atoms with van der Waals surface area (Å²) in [5.41, 5.74) is 6.36. The van der Waals surface area contributed by atoms with Gasteiger partial charge in [-0.15, -0.1) is 0 Å². The fourth-order valence-electron chi connectivity index (χ4n) is 4.27. The Morgan fingerprint density at radius 2 is 1.83 bits per heavy atom. The number of aliphatic hydroxyl groups excluding tert-OH is 1. The predicted molar refractivity (Wildman–Crippen MR) is 156 cm³/mol. The molecule has 1 atom stereocenters. The van der Waals surface area contributed by atoms with Crippen molar-refractivity contribution in [3.63, 3.8) is 0 Å². The van der Waals surface area contributed by atoms with Crippen molar-refractivity contribution in [2.45, 2.75) is 6.10 Å². The molecule has 1 fully saturated rings. The number of amides is 2. The molecule has 0 bridgehead atoms. The van der Waals surface area contributed by atoms with Gasteiger partial charge in [-0.3, -0.25) is 9.69 Å². The summed E-state index contributed by atoms with van der Waals surface area (Å²) in [6, 6.07) is 9.85. The third-order valence-electron chi connectivity index (χ3n) is 6.56. The first kappa shape index (κ1) is 31.0. The van der Waals surface area contributed by atoms with Gasteiger partial charge in [0.05, 0.1) is 6.61 Å². The summed E-state index contributed by atoms with van der Waals surface area (Å²) >= 11 is 12.3. The van der Waals surface area contributed by atoms with Crippen LogP contribution in [0.25, 0.3) is 0 Å². The van der Waals surface area contributed by atoms with Crippen LogP contribution in [0.15, 0.2) is 54.5 Å². The molecule has 4 N–H and O–H groups in total. The number of nitrogens with one attached hydrogen (secondary N) is 1. The molecule has 218 valence electrons. The number of halogens is 3. The average molecular weight is 615 g/mol. The number of anilines is 2. The molecule has 0 aliphatic carbocycles. The summed E-state index contributed by atoms with van der Waals surface area (Å²) in [6.07, 6.45) is -1.34.